The molecule has 1 aromatic carbocycles. The van der Waals surface area contributed by atoms with Gasteiger partial charge in [-0.15, -0.1) is 21.5 Å². The summed E-state index contributed by atoms with van der Waals surface area (Å²) in [4.78, 5) is 4.84. The first-order valence-corrected chi connectivity index (χ1v) is 11.6. The van der Waals surface area contributed by atoms with E-state index in [2.05, 4.69) is 20.3 Å². The van der Waals surface area contributed by atoms with Gasteiger partial charge < -0.3 is 4.42 Å². The lowest BCUT2D eigenvalue weighted by molar-refractivity contribution is 0.301. The van der Waals surface area contributed by atoms with Gasteiger partial charge in [0.25, 0.3) is 11.8 Å². The van der Waals surface area contributed by atoms with Crippen LogP contribution in [0.5, 0.6) is 0 Å². The van der Waals surface area contributed by atoms with Crippen LogP contribution in [-0.4, -0.2) is 39.1 Å². The maximum absolute atomic E-state index is 13.3. The van der Waals surface area contributed by atoms with E-state index in [0.717, 1.165) is 10.9 Å². The van der Waals surface area contributed by atoms with Crippen molar-refractivity contribution in [1.29, 1.82) is 0 Å². The highest BCUT2D eigenvalue weighted by Crippen LogP contribution is 2.30. The van der Waals surface area contributed by atoms with E-state index in [1.54, 1.807) is 37.0 Å². The summed E-state index contributed by atoms with van der Waals surface area (Å²) >= 11 is 1.22. The van der Waals surface area contributed by atoms with Crippen LogP contribution in [-0.2, 0) is 23.6 Å². The first-order chi connectivity index (χ1) is 14.3. The lowest BCUT2D eigenvalue weighted by Gasteiger charge is -2.23. The number of anilines is 1. The van der Waals surface area contributed by atoms with Crippen molar-refractivity contribution >= 4 is 38.0 Å². The third-order valence-electron chi connectivity index (χ3n) is 4.55. The van der Waals surface area contributed by atoms with Crippen LogP contribution in [0, 0.1) is 0 Å². The van der Waals surface area contributed by atoms with E-state index >= 15 is 0 Å². The molecule has 0 fully saturated rings. The van der Waals surface area contributed by atoms with Gasteiger partial charge in [-0.2, -0.15) is 5.10 Å². The summed E-state index contributed by atoms with van der Waals surface area (Å²) in [6.45, 7) is 2.95. The number of rotatable bonds is 7. The molecule has 12 heteroatoms. The maximum atomic E-state index is 13.3. The molecule has 1 atom stereocenters. The zero-order valence-corrected chi connectivity index (χ0v) is 18.1. The monoisotopic (exact) mass is 450 g/mol. The molecule has 4 rings (SSSR count). The number of benzene rings is 1. The van der Waals surface area contributed by atoms with Crippen LogP contribution >= 0.6 is 11.3 Å². The molecular weight excluding hydrogens is 431 g/mol. The predicted molar refractivity (Wildman–Crippen MR) is 111 cm³/mol. The van der Waals surface area contributed by atoms with Crippen molar-refractivity contribution in [3.8, 4) is 10.8 Å². The Bertz CT molecular complexity index is 1290. The minimum absolute atomic E-state index is 0.0463. The molecule has 0 saturated heterocycles. The second-order valence-electron chi connectivity index (χ2n) is 6.60. The summed E-state index contributed by atoms with van der Waals surface area (Å²) < 4.78 is 47.3. The Hall–Kier alpha value is -2.86. The summed E-state index contributed by atoms with van der Waals surface area (Å²) in [7, 11) is -1.77. The van der Waals surface area contributed by atoms with E-state index in [-0.39, 0.29) is 24.1 Å². The fourth-order valence-corrected chi connectivity index (χ4v) is 4.87. The normalized spacial score (nSPS) is 13.1. The highest BCUT2D eigenvalue weighted by atomic mass is 32.2. The summed E-state index contributed by atoms with van der Waals surface area (Å²) in [5, 5.41) is 13.2. The Morgan fingerprint density at radius 3 is 2.80 bits per heavy atom. The Morgan fingerprint density at radius 1 is 1.30 bits per heavy atom. The number of thiazole rings is 1. The minimum atomic E-state index is -3.57. The third kappa shape index (κ3) is 3.79. The zero-order valence-electron chi connectivity index (χ0n) is 16.5. The van der Waals surface area contributed by atoms with Gasteiger partial charge in [0.15, 0.2) is 6.17 Å². The molecule has 0 aliphatic heterocycles. The predicted octanol–water partition coefficient (Wildman–Crippen LogP) is 3.47. The first-order valence-electron chi connectivity index (χ1n) is 9.13. The molecule has 1 unspecified atom stereocenters. The lowest BCUT2D eigenvalue weighted by atomic mass is 10.2. The standard InChI is InChI=1S/C18H19FN6O3S2/c1-4-30(26,27)25(13-6-5-12-8-21-24(3)14(12)7-13)10-16-20-9-15(29-16)18-23-22-17(28-18)11(2)19/h5-9,11H,4,10H2,1-3H3. The average Bonchev–Trinajstić information content (AvgIpc) is 3.46. The number of fused-ring (bicyclic) bond motifs is 1. The van der Waals surface area contributed by atoms with Gasteiger partial charge in [-0.05, 0) is 32.0 Å². The molecule has 4 aromatic rings. The number of alkyl halides is 1. The van der Waals surface area contributed by atoms with Gasteiger partial charge in [0.1, 0.15) is 9.88 Å². The molecular formula is C18H19FN6O3S2. The third-order valence-corrected chi connectivity index (χ3v) is 7.26. The van der Waals surface area contributed by atoms with Gasteiger partial charge >= 0.3 is 0 Å². The number of nitrogens with zero attached hydrogens (tertiary/aromatic N) is 6. The Balaban J connectivity index is 1.67. The van der Waals surface area contributed by atoms with E-state index in [1.165, 1.54) is 28.8 Å². The number of hydrogen-bond acceptors (Lipinski definition) is 8. The van der Waals surface area contributed by atoms with Crippen molar-refractivity contribution < 1.29 is 17.2 Å². The summed E-state index contributed by atoms with van der Waals surface area (Å²) in [5.74, 6) is -0.0187. The number of halogens is 1. The molecule has 9 nitrogen and oxygen atoms in total. The van der Waals surface area contributed by atoms with Crippen LogP contribution in [0.3, 0.4) is 0 Å². The summed E-state index contributed by atoms with van der Waals surface area (Å²) in [6, 6.07) is 5.37. The second kappa shape index (κ2) is 7.76. The number of hydrogen-bond donors (Lipinski definition) is 0. The molecule has 0 radical (unpaired) electrons. The van der Waals surface area contributed by atoms with Gasteiger partial charge in [-0.25, -0.2) is 17.8 Å². The highest BCUT2D eigenvalue weighted by Gasteiger charge is 2.24. The molecule has 30 heavy (non-hydrogen) atoms. The number of sulfonamides is 1. The van der Waals surface area contributed by atoms with Crippen molar-refractivity contribution in [2.24, 2.45) is 7.05 Å². The Morgan fingerprint density at radius 2 is 2.10 bits per heavy atom. The van der Waals surface area contributed by atoms with Crippen molar-refractivity contribution in [2.45, 2.75) is 26.6 Å². The maximum Gasteiger partial charge on any atom is 0.259 e. The van der Waals surface area contributed by atoms with Crippen LogP contribution < -0.4 is 4.31 Å². The molecule has 3 aromatic heterocycles. The zero-order chi connectivity index (χ0) is 21.5. The number of aromatic nitrogens is 5. The molecule has 0 spiro atoms. The van der Waals surface area contributed by atoms with Crippen LogP contribution in [0.15, 0.2) is 35.0 Å². The SMILES string of the molecule is CCS(=O)(=O)N(Cc1ncc(-c2nnc(C(C)F)o2)s1)c1ccc2cnn(C)c2c1. The average molecular weight is 451 g/mol. The van der Waals surface area contributed by atoms with Crippen molar-refractivity contribution in [2.75, 3.05) is 10.1 Å². The van der Waals surface area contributed by atoms with E-state index in [1.807, 2.05) is 6.07 Å². The first kappa shape index (κ1) is 20.4. The molecule has 0 saturated carbocycles. The lowest BCUT2D eigenvalue weighted by Crippen LogP contribution is -2.31. The van der Waals surface area contributed by atoms with Crippen molar-refractivity contribution in [1.82, 2.24) is 25.0 Å². The Labute approximate surface area is 176 Å². The van der Waals surface area contributed by atoms with Crippen LogP contribution in [0.25, 0.3) is 21.7 Å². The van der Waals surface area contributed by atoms with Gasteiger partial charge in [0, 0.05) is 12.4 Å². The van der Waals surface area contributed by atoms with E-state index in [9.17, 15) is 12.8 Å². The van der Waals surface area contributed by atoms with Gasteiger partial charge in [-0.1, -0.05) is 0 Å². The number of aryl methyl sites for hydroxylation is 1. The molecule has 158 valence electrons. The Kier molecular flexibility index (Phi) is 5.28. The quantitative estimate of drug-likeness (QED) is 0.424. The van der Waals surface area contributed by atoms with E-state index in [0.29, 0.717) is 15.6 Å². The van der Waals surface area contributed by atoms with Gasteiger partial charge in [0.2, 0.25) is 10.0 Å². The molecule has 0 N–H and O–H groups in total. The molecule has 0 bridgehead atoms. The smallest absolute Gasteiger partial charge is 0.259 e. The van der Waals surface area contributed by atoms with Gasteiger partial charge in [0.05, 0.1) is 35.9 Å². The van der Waals surface area contributed by atoms with Gasteiger partial charge in [-0.3, -0.25) is 8.99 Å². The summed E-state index contributed by atoms with van der Waals surface area (Å²) in [6.07, 6.45) is 1.87. The topological polar surface area (TPSA) is 107 Å². The second-order valence-corrected chi connectivity index (χ2v) is 9.90. The molecule has 0 aliphatic rings. The van der Waals surface area contributed by atoms with Crippen molar-refractivity contribution in [3.05, 3.63) is 41.5 Å². The van der Waals surface area contributed by atoms with Crippen LogP contribution in [0.1, 0.15) is 30.9 Å². The van der Waals surface area contributed by atoms with E-state index < -0.39 is 16.2 Å². The highest BCUT2D eigenvalue weighted by molar-refractivity contribution is 7.92. The summed E-state index contributed by atoms with van der Waals surface area (Å²) in [5.41, 5.74) is 1.35. The fraction of sp³-hybridized carbons (Fsp3) is 0.333. The van der Waals surface area contributed by atoms with E-state index in [4.69, 9.17) is 4.42 Å². The molecule has 3 heterocycles. The molecule has 0 amide bonds. The minimum Gasteiger partial charge on any atom is -0.417 e. The van der Waals surface area contributed by atoms with Crippen LogP contribution in [0.2, 0.25) is 0 Å². The molecule has 0 aliphatic carbocycles. The van der Waals surface area contributed by atoms with Crippen LogP contribution in [0.4, 0.5) is 10.1 Å². The largest absolute Gasteiger partial charge is 0.417 e. The van der Waals surface area contributed by atoms with Crippen molar-refractivity contribution in [3.63, 3.8) is 0 Å². The fourth-order valence-electron chi connectivity index (χ4n) is 2.89.